The van der Waals surface area contributed by atoms with Crippen molar-refractivity contribution in [3.8, 4) is 0 Å². The summed E-state index contributed by atoms with van der Waals surface area (Å²) in [7, 11) is 2.09. The second kappa shape index (κ2) is 5.25. The highest BCUT2D eigenvalue weighted by atomic mass is 16.5. The van der Waals surface area contributed by atoms with Crippen LogP contribution in [0, 0.1) is 0 Å². The maximum absolute atomic E-state index is 5.82. The lowest BCUT2D eigenvalue weighted by Crippen LogP contribution is -2.54. The number of piperidine rings is 1. The van der Waals surface area contributed by atoms with Crippen LogP contribution in [0.25, 0.3) is 0 Å². The van der Waals surface area contributed by atoms with Crippen molar-refractivity contribution in [3.05, 3.63) is 0 Å². The van der Waals surface area contributed by atoms with E-state index in [1.54, 1.807) is 0 Å². The summed E-state index contributed by atoms with van der Waals surface area (Å²) in [6, 6.07) is 2.15. The lowest BCUT2D eigenvalue weighted by molar-refractivity contribution is -0.0926. The van der Waals surface area contributed by atoms with Crippen molar-refractivity contribution in [2.24, 2.45) is 0 Å². The summed E-state index contributed by atoms with van der Waals surface area (Å²) < 4.78 is 5.82. The summed E-state index contributed by atoms with van der Waals surface area (Å²) in [5.41, 5.74) is 0.0719. The molecule has 0 aromatic heterocycles. The van der Waals surface area contributed by atoms with Gasteiger partial charge in [0.1, 0.15) is 0 Å². The average molecular weight is 240 g/mol. The Balaban J connectivity index is 1.94. The normalized spacial score (nSPS) is 39.2. The number of hydrogen-bond acceptors (Lipinski definition) is 3. The molecule has 3 unspecified atom stereocenters. The number of rotatable bonds is 2. The molecule has 1 N–H and O–H groups in total. The summed E-state index contributed by atoms with van der Waals surface area (Å²) >= 11 is 0. The first kappa shape index (κ1) is 13.3. The van der Waals surface area contributed by atoms with Crippen LogP contribution in [-0.2, 0) is 4.74 Å². The molecule has 3 atom stereocenters. The zero-order chi connectivity index (χ0) is 12.5. The third-order valence-electron chi connectivity index (χ3n) is 4.48. The van der Waals surface area contributed by atoms with E-state index in [0.717, 1.165) is 12.6 Å². The van der Waals surface area contributed by atoms with E-state index in [4.69, 9.17) is 4.74 Å². The van der Waals surface area contributed by atoms with Crippen molar-refractivity contribution < 1.29 is 4.74 Å². The van der Waals surface area contributed by atoms with Gasteiger partial charge in [0.05, 0.1) is 5.60 Å². The Labute approximate surface area is 106 Å². The predicted octanol–water partition coefficient (Wildman–Crippen LogP) is 2.02. The van der Waals surface area contributed by atoms with Crippen LogP contribution in [0.5, 0.6) is 0 Å². The zero-order valence-corrected chi connectivity index (χ0v) is 11.8. The molecule has 2 aliphatic heterocycles. The van der Waals surface area contributed by atoms with Gasteiger partial charge in [-0.05, 0) is 53.5 Å². The van der Waals surface area contributed by atoms with Crippen LogP contribution < -0.4 is 5.32 Å². The van der Waals surface area contributed by atoms with E-state index in [1.807, 2.05) is 0 Å². The highest BCUT2D eigenvalue weighted by Gasteiger charge is 2.36. The molecule has 100 valence electrons. The monoisotopic (exact) mass is 240 g/mol. The molecule has 0 saturated carbocycles. The fourth-order valence-electron chi connectivity index (χ4n) is 3.48. The summed E-state index contributed by atoms with van der Waals surface area (Å²) in [6.07, 6.45) is 4.96. The van der Waals surface area contributed by atoms with Gasteiger partial charge in [0.25, 0.3) is 0 Å². The van der Waals surface area contributed by atoms with Crippen LogP contribution in [0.15, 0.2) is 0 Å². The second-order valence-electron chi connectivity index (χ2n) is 6.35. The molecule has 3 heteroatoms. The Morgan fingerprint density at radius 1 is 1.29 bits per heavy atom. The zero-order valence-electron chi connectivity index (χ0n) is 11.8. The maximum Gasteiger partial charge on any atom is 0.0641 e. The minimum Gasteiger partial charge on any atom is -0.375 e. The number of hydrogen-bond donors (Lipinski definition) is 1. The van der Waals surface area contributed by atoms with Gasteiger partial charge in [0, 0.05) is 31.3 Å². The van der Waals surface area contributed by atoms with Crippen LogP contribution in [0.2, 0.25) is 0 Å². The average Bonchev–Trinajstić information content (AvgIpc) is 2.27. The van der Waals surface area contributed by atoms with Gasteiger partial charge < -0.3 is 10.1 Å². The molecule has 2 rings (SSSR count). The first-order valence-electron chi connectivity index (χ1n) is 7.09. The van der Waals surface area contributed by atoms with Crippen molar-refractivity contribution >= 4 is 0 Å². The molecule has 0 radical (unpaired) electrons. The number of ether oxygens (including phenoxy) is 1. The van der Waals surface area contributed by atoms with E-state index in [0.29, 0.717) is 12.1 Å². The van der Waals surface area contributed by atoms with Crippen LogP contribution in [0.3, 0.4) is 0 Å². The topological polar surface area (TPSA) is 24.5 Å². The van der Waals surface area contributed by atoms with Crippen molar-refractivity contribution in [1.82, 2.24) is 10.2 Å². The second-order valence-corrected chi connectivity index (χ2v) is 6.35. The molecule has 2 fully saturated rings. The fraction of sp³-hybridized carbons (Fsp3) is 1.00. The molecule has 0 aliphatic carbocycles. The highest BCUT2D eigenvalue weighted by molar-refractivity contribution is 4.91. The Morgan fingerprint density at radius 3 is 2.65 bits per heavy atom. The lowest BCUT2D eigenvalue weighted by atomic mass is 9.89. The molecule has 0 amide bonds. The molecule has 0 aromatic carbocycles. The fourth-order valence-corrected chi connectivity index (χ4v) is 3.48. The number of nitrogens with one attached hydrogen (secondary N) is 1. The number of likely N-dealkylation sites (tertiary alicyclic amines) is 1. The minimum absolute atomic E-state index is 0.0719. The Bertz CT molecular complexity index is 255. The van der Waals surface area contributed by atoms with Crippen molar-refractivity contribution in [1.29, 1.82) is 0 Å². The first-order chi connectivity index (χ1) is 8.02. The van der Waals surface area contributed by atoms with Gasteiger partial charge in [-0.2, -0.15) is 0 Å². The molecular formula is C14H28N2O. The summed E-state index contributed by atoms with van der Waals surface area (Å²) in [6.45, 7) is 9.00. The molecule has 0 bridgehead atoms. The van der Waals surface area contributed by atoms with Crippen LogP contribution in [0.4, 0.5) is 0 Å². The van der Waals surface area contributed by atoms with Crippen LogP contribution >= 0.6 is 0 Å². The van der Waals surface area contributed by atoms with E-state index in [-0.39, 0.29) is 5.60 Å². The van der Waals surface area contributed by atoms with Crippen molar-refractivity contribution in [3.63, 3.8) is 0 Å². The summed E-state index contributed by atoms with van der Waals surface area (Å²) in [4.78, 5) is 2.72. The molecule has 17 heavy (non-hydrogen) atoms. The molecule has 2 saturated heterocycles. The van der Waals surface area contributed by atoms with Gasteiger partial charge in [-0.3, -0.25) is 4.90 Å². The maximum atomic E-state index is 5.82. The third kappa shape index (κ3) is 3.21. The Hall–Kier alpha value is -0.120. The Kier molecular flexibility index (Phi) is 4.11. The molecule has 2 aliphatic rings. The van der Waals surface area contributed by atoms with Gasteiger partial charge in [-0.1, -0.05) is 0 Å². The standard InChI is InChI=1S/C14H28N2O/c1-11-9-12(15-4)5-7-16(11)13-6-8-17-14(2,3)10-13/h11-13,15H,5-10H2,1-4H3. The summed E-state index contributed by atoms with van der Waals surface area (Å²) in [5, 5.41) is 3.42. The quantitative estimate of drug-likeness (QED) is 0.799. The summed E-state index contributed by atoms with van der Waals surface area (Å²) in [5.74, 6) is 0. The predicted molar refractivity (Wildman–Crippen MR) is 71.3 cm³/mol. The van der Waals surface area contributed by atoms with Crippen molar-refractivity contribution in [2.45, 2.75) is 70.2 Å². The Morgan fingerprint density at radius 2 is 2.06 bits per heavy atom. The minimum atomic E-state index is 0.0719. The molecule has 0 spiro atoms. The van der Waals surface area contributed by atoms with Gasteiger partial charge in [0.2, 0.25) is 0 Å². The highest BCUT2D eigenvalue weighted by Crippen LogP contribution is 2.31. The molecule has 0 aromatic rings. The molecule has 2 heterocycles. The van der Waals surface area contributed by atoms with E-state index in [1.165, 1.54) is 32.2 Å². The largest absolute Gasteiger partial charge is 0.375 e. The molecular weight excluding hydrogens is 212 g/mol. The smallest absolute Gasteiger partial charge is 0.0641 e. The third-order valence-corrected chi connectivity index (χ3v) is 4.48. The van der Waals surface area contributed by atoms with Gasteiger partial charge in [0.15, 0.2) is 0 Å². The van der Waals surface area contributed by atoms with E-state index < -0.39 is 0 Å². The van der Waals surface area contributed by atoms with Crippen LogP contribution in [-0.4, -0.2) is 48.8 Å². The van der Waals surface area contributed by atoms with Gasteiger partial charge in [-0.25, -0.2) is 0 Å². The first-order valence-corrected chi connectivity index (χ1v) is 7.09. The lowest BCUT2D eigenvalue weighted by Gasteiger charge is -2.47. The van der Waals surface area contributed by atoms with Crippen LogP contribution in [0.1, 0.15) is 46.5 Å². The molecule has 3 nitrogen and oxygen atoms in total. The SMILES string of the molecule is CNC1CCN(C2CCOC(C)(C)C2)C(C)C1. The number of nitrogens with zero attached hydrogens (tertiary/aromatic N) is 1. The van der Waals surface area contributed by atoms with E-state index in [9.17, 15) is 0 Å². The van der Waals surface area contributed by atoms with E-state index in [2.05, 4.69) is 38.0 Å². The van der Waals surface area contributed by atoms with E-state index >= 15 is 0 Å². The van der Waals surface area contributed by atoms with Gasteiger partial charge >= 0.3 is 0 Å². The van der Waals surface area contributed by atoms with Gasteiger partial charge in [-0.15, -0.1) is 0 Å². The van der Waals surface area contributed by atoms with Crippen molar-refractivity contribution in [2.75, 3.05) is 20.2 Å².